The molecule has 0 fully saturated rings. The van der Waals surface area contributed by atoms with Crippen molar-refractivity contribution < 1.29 is 4.39 Å². The highest BCUT2D eigenvalue weighted by molar-refractivity contribution is 5.23. The van der Waals surface area contributed by atoms with Crippen LogP contribution in [0.15, 0.2) is 18.2 Å². The number of aryl methyl sites for hydroxylation is 1. The Bertz CT molecular complexity index is 348. The van der Waals surface area contributed by atoms with Crippen molar-refractivity contribution in [3.05, 3.63) is 35.1 Å². The Morgan fingerprint density at radius 1 is 1.22 bits per heavy atom. The number of rotatable bonds is 8. The minimum atomic E-state index is -0.125. The number of nitrogens with one attached hydrogen (secondary N) is 1. The van der Waals surface area contributed by atoms with Crippen LogP contribution in [0.1, 0.15) is 31.4 Å². The van der Waals surface area contributed by atoms with Gasteiger partial charge in [0.25, 0.3) is 0 Å². The minimum Gasteiger partial charge on any atom is -0.313 e. The number of hydrogen-bond donors (Lipinski definition) is 1. The van der Waals surface area contributed by atoms with Gasteiger partial charge in [0, 0.05) is 6.54 Å². The third-order valence-electron chi connectivity index (χ3n) is 3.27. The van der Waals surface area contributed by atoms with Crippen LogP contribution in [-0.2, 0) is 6.54 Å². The van der Waals surface area contributed by atoms with E-state index in [1.54, 1.807) is 13.0 Å². The first-order valence-corrected chi connectivity index (χ1v) is 6.85. The second-order valence-electron chi connectivity index (χ2n) is 4.64. The summed E-state index contributed by atoms with van der Waals surface area (Å²) in [6, 6.07) is 5.30. The molecule has 0 aliphatic rings. The van der Waals surface area contributed by atoms with E-state index in [9.17, 15) is 4.39 Å². The zero-order valence-corrected chi connectivity index (χ0v) is 11.8. The molecule has 1 aromatic carbocycles. The van der Waals surface area contributed by atoms with Crippen LogP contribution in [0, 0.1) is 12.7 Å². The molecule has 1 N–H and O–H groups in total. The molecular weight excluding hydrogens is 227 g/mol. The van der Waals surface area contributed by atoms with E-state index in [2.05, 4.69) is 24.1 Å². The zero-order chi connectivity index (χ0) is 13.4. The summed E-state index contributed by atoms with van der Waals surface area (Å²) >= 11 is 0. The van der Waals surface area contributed by atoms with Crippen LogP contribution in [0.4, 0.5) is 4.39 Å². The van der Waals surface area contributed by atoms with Gasteiger partial charge in [0.05, 0.1) is 0 Å². The maximum atomic E-state index is 13.1. The molecule has 0 aliphatic heterocycles. The molecule has 0 aromatic heterocycles. The molecule has 3 heteroatoms. The van der Waals surface area contributed by atoms with E-state index in [-0.39, 0.29) is 5.82 Å². The fourth-order valence-corrected chi connectivity index (χ4v) is 2.02. The van der Waals surface area contributed by atoms with Gasteiger partial charge >= 0.3 is 0 Å². The highest BCUT2D eigenvalue weighted by Crippen LogP contribution is 2.08. The molecule has 0 bridgehead atoms. The third-order valence-corrected chi connectivity index (χ3v) is 3.27. The molecule has 0 unspecified atom stereocenters. The highest BCUT2D eigenvalue weighted by atomic mass is 19.1. The van der Waals surface area contributed by atoms with Gasteiger partial charge in [0.2, 0.25) is 0 Å². The monoisotopic (exact) mass is 252 g/mol. The van der Waals surface area contributed by atoms with E-state index in [0.29, 0.717) is 0 Å². The summed E-state index contributed by atoms with van der Waals surface area (Å²) in [6.07, 6.45) is 1.15. The van der Waals surface area contributed by atoms with Crippen LogP contribution in [-0.4, -0.2) is 31.1 Å². The van der Waals surface area contributed by atoms with Gasteiger partial charge in [-0.25, -0.2) is 4.39 Å². The lowest BCUT2D eigenvalue weighted by molar-refractivity contribution is 0.298. The maximum Gasteiger partial charge on any atom is 0.126 e. The first kappa shape index (κ1) is 15.1. The van der Waals surface area contributed by atoms with Gasteiger partial charge in [0.1, 0.15) is 5.82 Å². The van der Waals surface area contributed by atoms with Gasteiger partial charge in [-0.05, 0) is 56.7 Å². The molecule has 102 valence electrons. The van der Waals surface area contributed by atoms with Crippen LogP contribution in [0.2, 0.25) is 0 Å². The molecule has 0 amide bonds. The first-order chi connectivity index (χ1) is 8.67. The normalized spacial score (nSPS) is 11.2. The quantitative estimate of drug-likeness (QED) is 0.716. The molecule has 0 saturated heterocycles. The molecular formula is C15H25FN2. The molecule has 0 atom stereocenters. The topological polar surface area (TPSA) is 15.3 Å². The van der Waals surface area contributed by atoms with Crippen molar-refractivity contribution in [2.24, 2.45) is 0 Å². The largest absolute Gasteiger partial charge is 0.313 e. The van der Waals surface area contributed by atoms with Crippen molar-refractivity contribution in [1.29, 1.82) is 0 Å². The molecule has 0 saturated carbocycles. The Morgan fingerprint density at radius 2 is 1.94 bits per heavy atom. The van der Waals surface area contributed by atoms with Gasteiger partial charge in [-0.15, -0.1) is 0 Å². The standard InChI is InChI=1S/C15H25FN2/c1-4-18(5-2)10-6-9-17-12-14-7-8-15(16)13(3)11-14/h7-8,11,17H,4-6,9-10,12H2,1-3H3. The zero-order valence-electron chi connectivity index (χ0n) is 11.8. The molecule has 0 heterocycles. The van der Waals surface area contributed by atoms with Gasteiger partial charge in [-0.1, -0.05) is 26.0 Å². The van der Waals surface area contributed by atoms with Crippen molar-refractivity contribution in [2.75, 3.05) is 26.2 Å². The predicted molar refractivity (Wildman–Crippen MR) is 75.2 cm³/mol. The predicted octanol–water partition coefficient (Wildman–Crippen LogP) is 2.96. The van der Waals surface area contributed by atoms with Crippen LogP contribution in [0.25, 0.3) is 0 Å². The summed E-state index contributed by atoms with van der Waals surface area (Å²) < 4.78 is 13.1. The highest BCUT2D eigenvalue weighted by Gasteiger charge is 2.00. The fraction of sp³-hybridized carbons (Fsp3) is 0.600. The third kappa shape index (κ3) is 5.15. The fourth-order valence-electron chi connectivity index (χ4n) is 2.02. The summed E-state index contributed by atoms with van der Waals surface area (Å²) in [5.41, 5.74) is 1.87. The lowest BCUT2D eigenvalue weighted by Gasteiger charge is -2.17. The molecule has 1 aromatic rings. The van der Waals surface area contributed by atoms with E-state index in [0.717, 1.165) is 50.3 Å². The molecule has 0 aliphatic carbocycles. The Balaban J connectivity index is 2.19. The molecule has 0 spiro atoms. The van der Waals surface area contributed by atoms with Crippen molar-refractivity contribution in [2.45, 2.75) is 33.7 Å². The summed E-state index contributed by atoms with van der Waals surface area (Å²) in [6.45, 7) is 11.4. The smallest absolute Gasteiger partial charge is 0.126 e. The number of nitrogens with zero attached hydrogens (tertiary/aromatic N) is 1. The first-order valence-electron chi connectivity index (χ1n) is 6.85. The Labute approximate surface area is 110 Å². The van der Waals surface area contributed by atoms with E-state index in [1.165, 1.54) is 0 Å². The van der Waals surface area contributed by atoms with Crippen molar-refractivity contribution in [1.82, 2.24) is 10.2 Å². The number of hydrogen-bond acceptors (Lipinski definition) is 2. The van der Waals surface area contributed by atoms with Gasteiger partial charge in [-0.2, -0.15) is 0 Å². The van der Waals surface area contributed by atoms with Crippen molar-refractivity contribution in [3.8, 4) is 0 Å². The lowest BCUT2D eigenvalue weighted by Crippen LogP contribution is -2.27. The summed E-state index contributed by atoms with van der Waals surface area (Å²) in [7, 11) is 0. The van der Waals surface area contributed by atoms with E-state index >= 15 is 0 Å². The molecule has 2 nitrogen and oxygen atoms in total. The molecule has 18 heavy (non-hydrogen) atoms. The van der Waals surface area contributed by atoms with Gasteiger partial charge in [0.15, 0.2) is 0 Å². The van der Waals surface area contributed by atoms with Gasteiger partial charge in [-0.3, -0.25) is 0 Å². The second-order valence-corrected chi connectivity index (χ2v) is 4.64. The second kappa shape index (κ2) is 8.22. The SMILES string of the molecule is CCN(CC)CCCNCc1ccc(F)c(C)c1. The summed E-state index contributed by atoms with van der Waals surface area (Å²) in [4.78, 5) is 2.42. The Morgan fingerprint density at radius 3 is 2.56 bits per heavy atom. The van der Waals surface area contributed by atoms with Crippen LogP contribution >= 0.6 is 0 Å². The van der Waals surface area contributed by atoms with Gasteiger partial charge < -0.3 is 10.2 Å². The lowest BCUT2D eigenvalue weighted by atomic mass is 10.1. The maximum absolute atomic E-state index is 13.1. The summed E-state index contributed by atoms with van der Waals surface area (Å²) in [5, 5.41) is 3.40. The van der Waals surface area contributed by atoms with Crippen LogP contribution < -0.4 is 5.32 Å². The van der Waals surface area contributed by atoms with Crippen molar-refractivity contribution >= 4 is 0 Å². The average molecular weight is 252 g/mol. The molecule has 1 rings (SSSR count). The van der Waals surface area contributed by atoms with Crippen molar-refractivity contribution in [3.63, 3.8) is 0 Å². The average Bonchev–Trinajstić information content (AvgIpc) is 2.38. The van der Waals surface area contributed by atoms with Crippen LogP contribution in [0.5, 0.6) is 0 Å². The Hall–Kier alpha value is -0.930. The Kier molecular flexibility index (Phi) is 6.91. The molecule has 0 radical (unpaired) electrons. The number of benzene rings is 1. The number of halogens is 1. The van der Waals surface area contributed by atoms with E-state index in [1.807, 2.05) is 12.1 Å². The van der Waals surface area contributed by atoms with E-state index < -0.39 is 0 Å². The minimum absolute atomic E-state index is 0.125. The van der Waals surface area contributed by atoms with Crippen LogP contribution in [0.3, 0.4) is 0 Å². The van der Waals surface area contributed by atoms with E-state index in [4.69, 9.17) is 0 Å². The summed E-state index contributed by atoms with van der Waals surface area (Å²) in [5.74, 6) is -0.125.